The number of imide groups is 1. The summed E-state index contributed by atoms with van der Waals surface area (Å²) in [6.07, 6.45) is 0.729. The number of rotatable bonds is 1. The SMILES string of the molecule is CC.Cc1cccc2c1CN(C1CCC(=O)N(C)C1=O)C2=O. The third kappa shape index (κ3) is 2.51. The van der Waals surface area contributed by atoms with Crippen molar-refractivity contribution in [3.63, 3.8) is 0 Å². The molecule has 0 aromatic heterocycles. The molecule has 0 saturated carbocycles. The van der Waals surface area contributed by atoms with Gasteiger partial charge < -0.3 is 4.90 Å². The number of nitrogens with zero attached hydrogens (tertiary/aromatic N) is 2. The Kier molecular flexibility index (Phi) is 4.64. The molecule has 2 aliphatic heterocycles. The van der Waals surface area contributed by atoms with Gasteiger partial charge >= 0.3 is 0 Å². The molecule has 0 radical (unpaired) electrons. The second-order valence-electron chi connectivity index (χ2n) is 5.38. The lowest BCUT2D eigenvalue weighted by atomic mass is 10.0. The van der Waals surface area contributed by atoms with Crippen LogP contribution in [0.25, 0.3) is 0 Å². The number of piperidine rings is 1. The molecule has 0 N–H and O–H groups in total. The molecule has 2 aliphatic rings. The third-order valence-corrected chi connectivity index (χ3v) is 4.23. The van der Waals surface area contributed by atoms with Crippen molar-refractivity contribution in [2.45, 2.75) is 46.2 Å². The van der Waals surface area contributed by atoms with Gasteiger partial charge in [0, 0.05) is 25.6 Å². The van der Waals surface area contributed by atoms with Crippen LogP contribution in [0.1, 0.15) is 48.2 Å². The first-order valence-electron chi connectivity index (χ1n) is 7.70. The topological polar surface area (TPSA) is 57.7 Å². The Hall–Kier alpha value is -2.17. The molecular weight excluding hydrogens is 280 g/mol. The molecule has 5 heteroatoms. The monoisotopic (exact) mass is 302 g/mol. The van der Waals surface area contributed by atoms with Crippen LogP contribution in [0.5, 0.6) is 0 Å². The van der Waals surface area contributed by atoms with Crippen LogP contribution in [-0.4, -0.2) is 40.6 Å². The molecular formula is C17H22N2O3. The predicted octanol–water partition coefficient (Wildman–Crippen LogP) is 2.12. The van der Waals surface area contributed by atoms with Gasteiger partial charge in [-0.1, -0.05) is 26.0 Å². The van der Waals surface area contributed by atoms with Crippen LogP contribution in [0.2, 0.25) is 0 Å². The van der Waals surface area contributed by atoms with Crippen LogP contribution in [0.15, 0.2) is 18.2 Å². The second-order valence-corrected chi connectivity index (χ2v) is 5.38. The zero-order chi connectivity index (χ0) is 16.4. The minimum absolute atomic E-state index is 0.107. The predicted molar refractivity (Wildman–Crippen MR) is 83.2 cm³/mol. The van der Waals surface area contributed by atoms with Crippen molar-refractivity contribution >= 4 is 17.7 Å². The fourth-order valence-corrected chi connectivity index (χ4v) is 2.95. The summed E-state index contributed by atoms with van der Waals surface area (Å²) in [4.78, 5) is 38.9. The molecule has 3 amide bonds. The molecule has 1 aromatic rings. The van der Waals surface area contributed by atoms with E-state index in [9.17, 15) is 14.4 Å². The van der Waals surface area contributed by atoms with Gasteiger partial charge in [0.1, 0.15) is 6.04 Å². The molecule has 1 unspecified atom stereocenters. The van der Waals surface area contributed by atoms with Gasteiger partial charge in [-0.25, -0.2) is 0 Å². The molecule has 1 atom stereocenters. The van der Waals surface area contributed by atoms with Crippen LogP contribution < -0.4 is 0 Å². The molecule has 118 valence electrons. The van der Waals surface area contributed by atoms with Gasteiger partial charge in [0.05, 0.1) is 0 Å². The minimum Gasteiger partial charge on any atom is -0.322 e. The van der Waals surface area contributed by atoms with Gasteiger partial charge in [-0.05, 0) is 30.5 Å². The van der Waals surface area contributed by atoms with E-state index in [0.29, 0.717) is 24.9 Å². The molecule has 1 aromatic carbocycles. The molecule has 1 fully saturated rings. The van der Waals surface area contributed by atoms with Crippen molar-refractivity contribution in [3.05, 3.63) is 34.9 Å². The van der Waals surface area contributed by atoms with Gasteiger partial charge in [0.2, 0.25) is 5.91 Å². The second kappa shape index (κ2) is 6.30. The molecule has 0 aliphatic carbocycles. The fraction of sp³-hybridized carbons (Fsp3) is 0.471. The number of fused-ring (bicyclic) bond motifs is 1. The first kappa shape index (κ1) is 16.2. The Balaban J connectivity index is 0.000000847. The van der Waals surface area contributed by atoms with Crippen LogP contribution in [0, 0.1) is 6.92 Å². The normalized spacial score (nSPS) is 20.7. The van der Waals surface area contributed by atoms with Crippen molar-refractivity contribution in [3.8, 4) is 0 Å². The number of hydrogen-bond donors (Lipinski definition) is 0. The standard InChI is InChI=1S/C15H16N2O3.C2H6/c1-9-4-3-5-10-11(9)8-17(14(10)19)12-6-7-13(18)16(2)15(12)20;1-2/h3-5,12H,6-8H2,1-2H3;1-2H3. The maximum Gasteiger partial charge on any atom is 0.255 e. The van der Waals surface area contributed by atoms with Gasteiger partial charge in [-0.15, -0.1) is 0 Å². The minimum atomic E-state index is -0.517. The smallest absolute Gasteiger partial charge is 0.255 e. The largest absolute Gasteiger partial charge is 0.322 e. The zero-order valence-corrected chi connectivity index (χ0v) is 13.5. The summed E-state index contributed by atoms with van der Waals surface area (Å²) >= 11 is 0. The highest BCUT2D eigenvalue weighted by Gasteiger charge is 2.41. The molecule has 0 spiro atoms. The van der Waals surface area contributed by atoms with Crippen molar-refractivity contribution in [1.82, 2.24) is 9.80 Å². The highest BCUT2D eigenvalue weighted by molar-refractivity contribution is 6.05. The number of carbonyl (C=O) groups is 3. The molecule has 5 nitrogen and oxygen atoms in total. The molecule has 0 bridgehead atoms. The summed E-state index contributed by atoms with van der Waals surface area (Å²) in [5, 5.41) is 0. The Morgan fingerprint density at radius 3 is 2.45 bits per heavy atom. The molecule has 3 rings (SSSR count). The average molecular weight is 302 g/mol. The quantitative estimate of drug-likeness (QED) is 0.747. The van der Waals surface area contributed by atoms with Crippen LogP contribution >= 0.6 is 0 Å². The molecule has 1 saturated heterocycles. The summed E-state index contributed by atoms with van der Waals surface area (Å²) in [6, 6.07) is 5.10. The van der Waals surface area contributed by atoms with Crippen molar-refractivity contribution in [1.29, 1.82) is 0 Å². The van der Waals surface area contributed by atoms with E-state index in [2.05, 4.69) is 0 Å². The zero-order valence-electron chi connectivity index (χ0n) is 13.5. The van der Waals surface area contributed by atoms with Gasteiger partial charge in [-0.2, -0.15) is 0 Å². The number of aryl methyl sites for hydroxylation is 1. The summed E-state index contributed by atoms with van der Waals surface area (Å²) in [5.74, 6) is -0.559. The first-order valence-corrected chi connectivity index (χ1v) is 7.70. The maximum absolute atomic E-state index is 12.5. The van der Waals surface area contributed by atoms with E-state index in [1.54, 1.807) is 11.0 Å². The van der Waals surface area contributed by atoms with E-state index in [1.807, 2.05) is 32.9 Å². The Bertz CT molecular complexity index is 624. The van der Waals surface area contributed by atoms with E-state index in [1.165, 1.54) is 7.05 Å². The van der Waals surface area contributed by atoms with Gasteiger partial charge in [0.25, 0.3) is 11.8 Å². The Morgan fingerprint density at radius 2 is 1.82 bits per heavy atom. The lowest BCUT2D eigenvalue weighted by Gasteiger charge is -2.33. The van der Waals surface area contributed by atoms with E-state index in [-0.39, 0.29) is 17.7 Å². The number of amides is 3. The maximum atomic E-state index is 12.5. The summed E-state index contributed by atoms with van der Waals surface area (Å²) in [5.41, 5.74) is 2.73. The first-order chi connectivity index (χ1) is 10.5. The van der Waals surface area contributed by atoms with Crippen molar-refractivity contribution in [2.75, 3.05) is 7.05 Å². The summed E-state index contributed by atoms with van der Waals surface area (Å²) in [7, 11) is 1.48. The van der Waals surface area contributed by atoms with Crippen LogP contribution in [-0.2, 0) is 16.1 Å². The highest BCUT2D eigenvalue weighted by atomic mass is 16.2. The van der Waals surface area contributed by atoms with E-state index < -0.39 is 6.04 Å². The number of benzene rings is 1. The number of likely N-dealkylation sites (N-methyl/N-ethyl adjacent to an activating group) is 1. The van der Waals surface area contributed by atoms with Crippen molar-refractivity contribution < 1.29 is 14.4 Å². The molecule has 22 heavy (non-hydrogen) atoms. The number of hydrogen-bond acceptors (Lipinski definition) is 3. The van der Waals surface area contributed by atoms with Crippen molar-refractivity contribution in [2.24, 2.45) is 0 Å². The lowest BCUT2D eigenvalue weighted by Crippen LogP contribution is -2.53. The van der Waals surface area contributed by atoms with E-state index in [4.69, 9.17) is 0 Å². The van der Waals surface area contributed by atoms with Crippen LogP contribution in [0.4, 0.5) is 0 Å². The summed E-state index contributed by atoms with van der Waals surface area (Å²) in [6.45, 7) is 6.42. The Labute approximate surface area is 130 Å². The van der Waals surface area contributed by atoms with Gasteiger partial charge in [-0.3, -0.25) is 19.3 Å². The van der Waals surface area contributed by atoms with Crippen LogP contribution in [0.3, 0.4) is 0 Å². The number of carbonyl (C=O) groups excluding carboxylic acids is 3. The Morgan fingerprint density at radius 1 is 1.14 bits per heavy atom. The van der Waals surface area contributed by atoms with E-state index >= 15 is 0 Å². The lowest BCUT2D eigenvalue weighted by molar-refractivity contribution is -0.150. The fourth-order valence-electron chi connectivity index (χ4n) is 2.95. The molecule has 2 heterocycles. The van der Waals surface area contributed by atoms with E-state index in [0.717, 1.165) is 16.0 Å². The highest BCUT2D eigenvalue weighted by Crippen LogP contribution is 2.30. The number of likely N-dealkylation sites (tertiary alicyclic amines) is 1. The summed E-state index contributed by atoms with van der Waals surface area (Å²) < 4.78 is 0. The average Bonchev–Trinajstić information content (AvgIpc) is 2.86. The van der Waals surface area contributed by atoms with Gasteiger partial charge in [0.15, 0.2) is 0 Å². The third-order valence-electron chi connectivity index (χ3n) is 4.23.